The van der Waals surface area contributed by atoms with E-state index in [1.807, 2.05) is 30.3 Å². The summed E-state index contributed by atoms with van der Waals surface area (Å²) < 4.78 is 16.2. The van der Waals surface area contributed by atoms with E-state index in [9.17, 15) is 19.7 Å². The molecule has 1 saturated heterocycles. The predicted molar refractivity (Wildman–Crippen MR) is 111 cm³/mol. The number of likely N-dealkylation sites (tertiary alicyclic amines) is 1. The van der Waals surface area contributed by atoms with Gasteiger partial charge in [-0.1, -0.05) is 30.3 Å². The Balaban J connectivity index is 1.88. The summed E-state index contributed by atoms with van der Waals surface area (Å²) >= 11 is 0. The van der Waals surface area contributed by atoms with Crippen molar-refractivity contribution in [1.82, 2.24) is 4.90 Å². The highest BCUT2D eigenvalue weighted by molar-refractivity contribution is 5.88. The molecule has 31 heavy (non-hydrogen) atoms. The van der Waals surface area contributed by atoms with Gasteiger partial charge in [0.25, 0.3) is 5.69 Å². The Kier molecular flexibility index (Phi) is 7.07. The maximum absolute atomic E-state index is 12.4. The van der Waals surface area contributed by atoms with E-state index in [0.29, 0.717) is 12.2 Å². The number of nitrogens with zero attached hydrogens (tertiary/aromatic N) is 2. The van der Waals surface area contributed by atoms with Gasteiger partial charge in [-0.25, -0.2) is 4.79 Å². The Morgan fingerprint density at radius 3 is 2.61 bits per heavy atom. The summed E-state index contributed by atoms with van der Waals surface area (Å²) in [5, 5.41) is 11.7. The summed E-state index contributed by atoms with van der Waals surface area (Å²) in [5.41, 5.74) is 0.931. The molecule has 2 aromatic carbocycles. The quantitative estimate of drug-likeness (QED) is 0.343. The second-order valence-corrected chi connectivity index (χ2v) is 6.99. The minimum absolute atomic E-state index is 0.103. The number of methoxy groups -OCH3 is 1. The van der Waals surface area contributed by atoms with E-state index in [0.717, 1.165) is 5.56 Å². The van der Waals surface area contributed by atoms with Crippen LogP contribution in [0, 0.1) is 10.1 Å². The van der Waals surface area contributed by atoms with Crippen LogP contribution in [0.2, 0.25) is 0 Å². The predicted octanol–water partition coefficient (Wildman–Crippen LogP) is 3.24. The van der Waals surface area contributed by atoms with Crippen molar-refractivity contribution in [2.24, 2.45) is 0 Å². The van der Waals surface area contributed by atoms with Gasteiger partial charge in [0.2, 0.25) is 5.91 Å². The average molecular weight is 428 g/mol. The average Bonchev–Trinajstić information content (AvgIpc) is 3.13. The summed E-state index contributed by atoms with van der Waals surface area (Å²) in [7, 11) is 1.43. The van der Waals surface area contributed by atoms with Crippen LogP contribution < -0.4 is 9.47 Å². The first-order valence-corrected chi connectivity index (χ1v) is 9.92. The molecule has 1 aliphatic heterocycles. The van der Waals surface area contributed by atoms with Gasteiger partial charge in [0.05, 0.1) is 36.8 Å². The zero-order valence-electron chi connectivity index (χ0n) is 17.4. The van der Waals surface area contributed by atoms with E-state index in [4.69, 9.17) is 14.2 Å². The first-order chi connectivity index (χ1) is 14.9. The molecule has 0 N–H and O–H groups in total. The molecular formula is C22H24N2O7. The summed E-state index contributed by atoms with van der Waals surface area (Å²) in [4.78, 5) is 37.1. The van der Waals surface area contributed by atoms with E-state index in [2.05, 4.69) is 0 Å². The van der Waals surface area contributed by atoms with E-state index in [-0.39, 0.29) is 49.1 Å². The third kappa shape index (κ3) is 5.11. The van der Waals surface area contributed by atoms with E-state index < -0.39 is 16.9 Å². The number of hydrogen-bond acceptors (Lipinski definition) is 7. The van der Waals surface area contributed by atoms with Crippen molar-refractivity contribution >= 4 is 17.6 Å². The van der Waals surface area contributed by atoms with Crippen LogP contribution in [0.4, 0.5) is 5.69 Å². The molecule has 0 radical (unpaired) electrons. The van der Waals surface area contributed by atoms with Crippen LogP contribution in [0.15, 0.2) is 42.5 Å². The highest BCUT2D eigenvalue weighted by atomic mass is 16.6. The smallest absolute Gasteiger partial charge is 0.328 e. The minimum atomic E-state index is -0.757. The normalized spacial score (nSPS) is 15.6. The van der Waals surface area contributed by atoms with Crippen molar-refractivity contribution in [1.29, 1.82) is 0 Å². The molecule has 164 valence electrons. The second kappa shape index (κ2) is 9.92. The molecule has 1 atom stereocenters. The lowest BCUT2D eigenvalue weighted by Crippen LogP contribution is -2.39. The maximum atomic E-state index is 12.4. The summed E-state index contributed by atoms with van der Waals surface area (Å²) in [5.74, 6) is -0.242. The van der Waals surface area contributed by atoms with E-state index in [1.165, 1.54) is 24.1 Å². The molecule has 1 amide bonds. The number of hydrogen-bond donors (Lipinski definition) is 0. The van der Waals surface area contributed by atoms with E-state index in [1.54, 1.807) is 6.92 Å². The number of ether oxygens (including phenoxy) is 3. The SMILES string of the molecule is CCOC(=O)C1CCC(=O)N1Cc1cc(OC)c(OCc2ccccc2)cc1[N+](=O)[O-]. The Morgan fingerprint density at radius 2 is 1.97 bits per heavy atom. The van der Waals surface area contributed by atoms with Crippen LogP contribution in [0.1, 0.15) is 30.9 Å². The molecule has 3 rings (SSSR count). The number of amides is 1. The van der Waals surface area contributed by atoms with Gasteiger partial charge < -0.3 is 19.1 Å². The molecule has 1 heterocycles. The van der Waals surface area contributed by atoms with Crippen LogP contribution in [-0.4, -0.2) is 41.5 Å². The van der Waals surface area contributed by atoms with Crippen LogP contribution >= 0.6 is 0 Å². The molecule has 0 saturated carbocycles. The molecule has 0 aromatic heterocycles. The number of nitro groups is 1. The highest BCUT2D eigenvalue weighted by Crippen LogP contribution is 2.37. The van der Waals surface area contributed by atoms with Gasteiger partial charge >= 0.3 is 5.97 Å². The fourth-order valence-corrected chi connectivity index (χ4v) is 3.49. The molecule has 9 heteroatoms. The molecule has 0 aliphatic carbocycles. The third-order valence-electron chi connectivity index (χ3n) is 5.03. The van der Waals surface area contributed by atoms with E-state index >= 15 is 0 Å². The zero-order chi connectivity index (χ0) is 22.4. The van der Waals surface area contributed by atoms with Gasteiger partial charge in [0.15, 0.2) is 11.5 Å². The maximum Gasteiger partial charge on any atom is 0.328 e. The topological polar surface area (TPSA) is 108 Å². The Hall–Kier alpha value is -3.62. The van der Waals surface area contributed by atoms with Crippen molar-refractivity contribution in [3.05, 3.63) is 63.7 Å². The van der Waals surface area contributed by atoms with Gasteiger partial charge in [-0.2, -0.15) is 0 Å². The fraction of sp³-hybridized carbons (Fsp3) is 0.364. The molecule has 1 aliphatic rings. The van der Waals surface area contributed by atoms with Crippen molar-refractivity contribution in [2.45, 2.75) is 39.0 Å². The lowest BCUT2D eigenvalue weighted by Gasteiger charge is -2.23. The molecule has 0 spiro atoms. The number of esters is 1. The summed E-state index contributed by atoms with van der Waals surface area (Å²) in [6, 6.07) is 11.4. The second-order valence-electron chi connectivity index (χ2n) is 6.99. The van der Waals surface area contributed by atoms with Crippen molar-refractivity contribution in [2.75, 3.05) is 13.7 Å². The van der Waals surface area contributed by atoms with Gasteiger partial charge in [-0.3, -0.25) is 14.9 Å². The number of nitro benzene ring substituents is 1. The lowest BCUT2D eigenvalue weighted by molar-refractivity contribution is -0.385. The van der Waals surface area contributed by atoms with Gasteiger partial charge in [0, 0.05) is 6.42 Å². The molecule has 2 aromatic rings. The summed E-state index contributed by atoms with van der Waals surface area (Å²) in [6.07, 6.45) is 0.507. The molecule has 1 fully saturated rings. The van der Waals surface area contributed by atoms with Crippen molar-refractivity contribution in [3.8, 4) is 11.5 Å². The molecule has 0 bridgehead atoms. The first kappa shape index (κ1) is 22.1. The van der Waals surface area contributed by atoms with Gasteiger partial charge in [-0.05, 0) is 25.0 Å². The lowest BCUT2D eigenvalue weighted by atomic mass is 10.1. The number of carbonyl (C=O) groups is 2. The number of carbonyl (C=O) groups excluding carboxylic acids is 2. The number of rotatable bonds is 9. The minimum Gasteiger partial charge on any atom is -0.493 e. The molecule has 1 unspecified atom stereocenters. The fourth-order valence-electron chi connectivity index (χ4n) is 3.49. The van der Waals surface area contributed by atoms with Crippen LogP contribution in [0.5, 0.6) is 11.5 Å². The highest BCUT2D eigenvalue weighted by Gasteiger charge is 2.38. The van der Waals surface area contributed by atoms with Crippen molar-refractivity contribution in [3.63, 3.8) is 0 Å². The largest absolute Gasteiger partial charge is 0.493 e. The van der Waals surface area contributed by atoms with Crippen LogP contribution in [0.3, 0.4) is 0 Å². The standard InChI is InChI=1S/C22H24N2O7/c1-3-30-22(26)17-9-10-21(25)23(17)13-16-11-19(29-2)20(12-18(16)24(27)28)31-14-15-7-5-4-6-8-15/h4-8,11-12,17H,3,9-10,13-14H2,1-2H3. The van der Waals surface area contributed by atoms with Gasteiger partial charge in [0.1, 0.15) is 12.6 Å². The zero-order valence-corrected chi connectivity index (χ0v) is 17.4. The Morgan fingerprint density at radius 1 is 1.23 bits per heavy atom. The first-order valence-electron chi connectivity index (χ1n) is 9.92. The van der Waals surface area contributed by atoms with Crippen LogP contribution in [0.25, 0.3) is 0 Å². The Bertz CT molecular complexity index is 962. The Labute approximate surface area is 179 Å². The molecular weight excluding hydrogens is 404 g/mol. The van der Waals surface area contributed by atoms with Crippen molar-refractivity contribution < 1.29 is 28.7 Å². The molecule has 9 nitrogen and oxygen atoms in total. The monoisotopic (exact) mass is 428 g/mol. The third-order valence-corrected chi connectivity index (χ3v) is 5.03. The summed E-state index contributed by atoms with van der Waals surface area (Å²) in [6.45, 7) is 1.98. The number of benzene rings is 2. The van der Waals surface area contributed by atoms with Gasteiger partial charge in [-0.15, -0.1) is 0 Å². The van der Waals surface area contributed by atoms with Crippen LogP contribution in [-0.2, 0) is 27.5 Å².